The van der Waals surface area contributed by atoms with Gasteiger partial charge >= 0.3 is 0 Å². The van der Waals surface area contributed by atoms with Gasteiger partial charge in [-0.15, -0.1) is 0 Å². The van der Waals surface area contributed by atoms with Crippen molar-refractivity contribution in [3.8, 4) is 5.75 Å². The van der Waals surface area contributed by atoms with E-state index >= 15 is 0 Å². The third kappa shape index (κ3) is 7.02. The van der Waals surface area contributed by atoms with Crippen LogP contribution in [0.1, 0.15) is 16.7 Å². The molecule has 2 aromatic rings. The first-order chi connectivity index (χ1) is 13.3. The smallest absolute Gasteiger partial charge is 0.276 e. The first-order valence-corrected chi connectivity index (χ1v) is 9.16. The Morgan fingerprint density at radius 3 is 2.54 bits per heavy atom. The Morgan fingerprint density at radius 2 is 1.82 bits per heavy atom. The summed E-state index contributed by atoms with van der Waals surface area (Å²) in [6.45, 7) is 3.69. The van der Waals surface area contributed by atoms with E-state index in [1.54, 1.807) is 36.4 Å². The minimum Gasteiger partial charge on any atom is -0.483 e. The molecule has 3 N–H and O–H groups in total. The Labute approximate surface area is 173 Å². The molecule has 0 atom stereocenters. The molecule has 2 amide bonds. The number of thiocarbonyl (C=S) groups is 1. The van der Waals surface area contributed by atoms with Gasteiger partial charge in [0, 0.05) is 11.1 Å². The number of hydrogen-bond acceptors (Lipinski definition) is 4. The van der Waals surface area contributed by atoms with Crippen LogP contribution in [0, 0.1) is 13.8 Å². The molecule has 0 aliphatic carbocycles. The van der Waals surface area contributed by atoms with Crippen LogP contribution in [0.2, 0.25) is 5.02 Å². The van der Waals surface area contributed by atoms with Gasteiger partial charge in [-0.3, -0.25) is 25.8 Å². The molecule has 8 heteroatoms. The Kier molecular flexibility index (Phi) is 7.98. The zero-order chi connectivity index (χ0) is 20.5. The van der Waals surface area contributed by atoms with Crippen LogP contribution in [0.25, 0.3) is 6.08 Å². The van der Waals surface area contributed by atoms with E-state index < -0.39 is 11.8 Å². The number of benzene rings is 2. The second-order valence-electron chi connectivity index (χ2n) is 5.86. The van der Waals surface area contributed by atoms with Crippen LogP contribution in [0.4, 0.5) is 0 Å². The summed E-state index contributed by atoms with van der Waals surface area (Å²) in [6.07, 6.45) is 2.94. The van der Waals surface area contributed by atoms with Crippen LogP contribution in [0.5, 0.6) is 5.75 Å². The minimum absolute atomic E-state index is 0.0363. The van der Waals surface area contributed by atoms with Crippen LogP contribution < -0.4 is 20.9 Å². The van der Waals surface area contributed by atoms with E-state index in [0.717, 1.165) is 16.7 Å². The van der Waals surface area contributed by atoms with Gasteiger partial charge in [0.05, 0.1) is 0 Å². The first kappa shape index (κ1) is 21.4. The fourth-order valence-electron chi connectivity index (χ4n) is 2.12. The molecule has 0 spiro atoms. The highest BCUT2D eigenvalue weighted by molar-refractivity contribution is 7.80. The van der Waals surface area contributed by atoms with Crippen molar-refractivity contribution in [1.82, 2.24) is 16.2 Å². The summed E-state index contributed by atoms with van der Waals surface area (Å²) in [5.74, 6) is -0.235. The second-order valence-corrected chi connectivity index (χ2v) is 6.71. The molecular formula is C20H20ClN3O3S. The molecule has 2 rings (SSSR count). The Bertz CT molecular complexity index is 898. The van der Waals surface area contributed by atoms with Crippen molar-refractivity contribution in [1.29, 1.82) is 0 Å². The number of carbonyl (C=O) groups is 2. The van der Waals surface area contributed by atoms with E-state index in [-0.39, 0.29) is 11.7 Å². The summed E-state index contributed by atoms with van der Waals surface area (Å²) < 4.78 is 5.49. The maximum absolute atomic E-state index is 11.8. The summed E-state index contributed by atoms with van der Waals surface area (Å²) in [4.78, 5) is 23.7. The van der Waals surface area contributed by atoms with Gasteiger partial charge < -0.3 is 4.74 Å². The maximum Gasteiger partial charge on any atom is 0.276 e. The van der Waals surface area contributed by atoms with Gasteiger partial charge in [-0.1, -0.05) is 35.9 Å². The van der Waals surface area contributed by atoms with Crippen LogP contribution in [-0.2, 0) is 9.59 Å². The molecule has 0 aliphatic rings. The molecule has 0 aliphatic heterocycles. The lowest BCUT2D eigenvalue weighted by molar-refractivity contribution is -0.123. The molecule has 0 aromatic heterocycles. The van der Waals surface area contributed by atoms with Gasteiger partial charge in [0.15, 0.2) is 11.7 Å². The van der Waals surface area contributed by atoms with Crippen molar-refractivity contribution in [2.45, 2.75) is 13.8 Å². The number of ether oxygens (including phenoxy) is 1. The number of hydrazine groups is 1. The Balaban J connectivity index is 1.72. The number of carbonyl (C=O) groups excluding carboxylic acids is 2. The molecule has 0 bridgehead atoms. The largest absolute Gasteiger partial charge is 0.483 e. The van der Waals surface area contributed by atoms with Crippen molar-refractivity contribution in [3.05, 3.63) is 70.3 Å². The first-order valence-electron chi connectivity index (χ1n) is 8.37. The van der Waals surface area contributed by atoms with E-state index in [2.05, 4.69) is 16.2 Å². The lowest BCUT2D eigenvalue weighted by Gasteiger charge is -2.12. The molecule has 0 saturated heterocycles. The van der Waals surface area contributed by atoms with Gasteiger partial charge in [-0.25, -0.2) is 0 Å². The lowest BCUT2D eigenvalue weighted by Crippen LogP contribution is -2.49. The van der Waals surface area contributed by atoms with Crippen LogP contribution in [0.3, 0.4) is 0 Å². The molecule has 2 aromatic carbocycles. The van der Waals surface area contributed by atoms with Crippen molar-refractivity contribution < 1.29 is 14.3 Å². The third-order valence-corrected chi connectivity index (χ3v) is 4.22. The monoisotopic (exact) mass is 417 g/mol. The Hall–Kier alpha value is -2.90. The molecule has 0 fully saturated rings. The average molecular weight is 418 g/mol. The van der Waals surface area contributed by atoms with Crippen LogP contribution >= 0.6 is 23.8 Å². The maximum atomic E-state index is 11.8. The molecule has 0 unspecified atom stereocenters. The summed E-state index contributed by atoms with van der Waals surface area (Å²) in [6, 6.07) is 12.6. The predicted octanol–water partition coefficient (Wildman–Crippen LogP) is 3.07. The second kappa shape index (κ2) is 10.4. The lowest BCUT2D eigenvalue weighted by atomic mass is 10.1. The van der Waals surface area contributed by atoms with Crippen molar-refractivity contribution >= 4 is 46.8 Å². The molecule has 0 heterocycles. The van der Waals surface area contributed by atoms with Gasteiger partial charge in [0.2, 0.25) is 5.91 Å². The van der Waals surface area contributed by atoms with E-state index in [4.69, 9.17) is 28.6 Å². The molecule has 6 nitrogen and oxygen atoms in total. The highest BCUT2D eigenvalue weighted by Gasteiger charge is 2.07. The number of nitrogens with one attached hydrogen (secondary N) is 3. The van der Waals surface area contributed by atoms with Gasteiger partial charge in [0.25, 0.3) is 5.91 Å². The normalized spacial score (nSPS) is 10.4. The molecule has 28 heavy (non-hydrogen) atoms. The van der Waals surface area contributed by atoms with Crippen molar-refractivity contribution in [2.24, 2.45) is 0 Å². The van der Waals surface area contributed by atoms with Crippen molar-refractivity contribution in [2.75, 3.05) is 6.61 Å². The molecule has 0 radical (unpaired) electrons. The zero-order valence-corrected chi connectivity index (χ0v) is 17.0. The van der Waals surface area contributed by atoms with E-state index in [0.29, 0.717) is 10.8 Å². The molecule has 146 valence electrons. The summed E-state index contributed by atoms with van der Waals surface area (Å²) in [5.41, 5.74) is 7.67. The van der Waals surface area contributed by atoms with E-state index in [1.165, 1.54) is 6.08 Å². The molecule has 0 saturated carbocycles. The standard InChI is InChI=1S/C20H20ClN3O3S/c1-13-4-3-5-17(14(13)2)27-12-19(26)23-24-20(28)22-18(25)11-8-15-6-9-16(21)10-7-15/h3-11H,12H2,1-2H3,(H,23,26)(H2,22,24,25,28)/b11-8+. The van der Waals surface area contributed by atoms with E-state index in [9.17, 15) is 9.59 Å². The Morgan fingerprint density at radius 1 is 1.11 bits per heavy atom. The number of hydrogen-bond donors (Lipinski definition) is 3. The SMILES string of the molecule is Cc1cccc(OCC(=O)NNC(=S)NC(=O)/C=C/c2ccc(Cl)cc2)c1C. The fourth-order valence-corrected chi connectivity index (χ4v) is 2.39. The highest BCUT2D eigenvalue weighted by Crippen LogP contribution is 2.20. The van der Waals surface area contributed by atoms with Crippen LogP contribution in [-0.4, -0.2) is 23.5 Å². The van der Waals surface area contributed by atoms with Gasteiger partial charge in [-0.05, 0) is 67.0 Å². The minimum atomic E-state index is -0.437. The van der Waals surface area contributed by atoms with Crippen molar-refractivity contribution in [3.63, 3.8) is 0 Å². The predicted molar refractivity (Wildman–Crippen MR) is 114 cm³/mol. The number of aryl methyl sites for hydroxylation is 1. The number of rotatable bonds is 5. The van der Waals surface area contributed by atoms with Gasteiger partial charge in [-0.2, -0.15) is 0 Å². The summed E-state index contributed by atoms with van der Waals surface area (Å²) >= 11 is 10.8. The third-order valence-electron chi connectivity index (χ3n) is 3.76. The summed E-state index contributed by atoms with van der Waals surface area (Å²) in [5, 5.41) is 3.00. The van der Waals surface area contributed by atoms with E-state index in [1.807, 2.05) is 26.0 Å². The van der Waals surface area contributed by atoms with Crippen LogP contribution in [0.15, 0.2) is 48.5 Å². The summed E-state index contributed by atoms with van der Waals surface area (Å²) in [7, 11) is 0. The topological polar surface area (TPSA) is 79.5 Å². The molecular weight excluding hydrogens is 398 g/mol. The van der Waals surface area contributed by atoms with Gasteiger partial charge in [0.1, 0.15) is 5.75 Å². The highest BCUT2D eigenvalue weighted by atomic mass is 35.5. The average Bonchev–Trinajstić information content (AvgIpc) is 2.67. The number of halogens is 1. The zero-order valence-electron chi connectivity index (χ0n) is 15.4. The quantitative estimate of drug-likeness (QED) is 0.396. The fraction of sp³-hybridized carbons (Fsp3) is 0.150. The number of amides is 2.